The highest BCUT2D eigenvalue weighted by Gasteiger charge is 2.36. The highest BCUT2D eigenvalue weighted by Crippen LogP contribution is 2.43. The van der Waals surface area contributed by atoms with Crippen molar-refractivity contribution in [2.24, 2.45) is 11.3 Å². The Hall–Kier alpha value is -1.91. The van der Waals surface area contributed by atoms with Gasteiger partial charge in [-0.2, -0.15) is 0 Å². The quantitative estimate of drug-likeness (QED) is 0.587. The summed E-state index contributed by atoms with van der Waals surface area (Å²) in [5.41, 5.74) is 0.187. The van der Waals surface area contributed by atoms with Gasteiger partial charge in [-0.05, 0) is 49.1 Å². The van der Waals surface area contributed by atoms with E-state index in [0.717, 1.165) is 37.8 Å². The molecule has 5 heteroatoms. The minimum absolute atomic E-state index is 0.0321. The molecule has 3 N–H and O–H groups in total. The molecule has 22 heavy (non-hydrogen) atoms. The predicted molar refractivity (Wildman–Crippen MR) is 82.1 cm³/mol. The van der Waals surface area contributed by atoms with E-state index in [2.05, 4.69) is 20.8 Å². The molecule has 0 aliphatic heterocycles. The van der Waals surface area contributed by atoms with Crippen LogP contribution in [0.3, 0.4) is 0 Å². The van der Waals surface area contributed by atoms with Gasteiger partial charge in [-0.1, -0.05) is 20.8 Å². The number of hydrogen-bond donors (Lipinski definition) is 3. The lowest BCUT2D eigenvalue weighted by Crippen LogP contribution is -2.35. The molecule has 0 spiro atoms. The highest BCUT2D eigenvalue weighted by molar-refractivity contribution is 5.91. The number of aromatic hydroxyl groups is 3. The van der Waals surface area contributed by atoms with Crippen molar-refractivity contribution in [3.05, 3.63) is 17.7 Å². The van der Waals surface area contributed by atoms with Crippen LogP contribution in [-0.2, 0) is 4.74 Å². The van der Waals surface area contributed by atoms with Crippen LogP contribution < -0.4 is 0 Å². The van der Waals surface area contributed by atoms with E-state index in [9.17, 15) is 20.1 Å². The molecule has 1 aliphatic carbocycles. The predicted octanol–water partition coefficient (Wildman–Crippen LogP) is 3.57. The maximum atomic E-state index is 12.2. The van der Waals surface area contributed by atoms with Crippen LogP contribution in [-0.4, -0.2) is 27.4 Å². The molecule has 0 saturated heterocycles. The van der Waals surface area contributed by atoms with Crippen molar-refractivity contribution >= 4 is 5.97 Å². The summed E-state index contributed by atoms with van der Waals surface area (Å²) in [6.45, 7) is 6.58. The maximum absolute atomic E-state index is 12.2. The normalized spacial score (nSPS) is 25.2. The zero-order valence-corrected chi connectivity index (χ0v) is 13.3. The number of carbonyl (C=O) groups excluding carboxylic acids is 1. The van der Waals surface area contributed by atoms with Crippen molar-refractivity contribution in [1.82, 2.24) is 0 Å². The summed E-state index contributed by atoms with van der Waals surface area (Å²) >= 11 is 0. The Morgan fingerprint density at radius 1 is 1.27 bits per heavy atom. The number of phenols is 3. The number of ether oxygens (including phenoxy) is 1. The van der Waals surface area contributed by atoms with Crippen LogP contribution >= 0.6 is 0 Å². The second-order valence-corrected chi connectivity index (χ2v) is 6.80. The van der Waals surface area contributed by atoms with Gasteiger partial charge in [0.25, 0.3) is 0 Å². The smallest absolute Gasteiger partial charge is 0.338 e. The number of benzene rings is 1. The van der Waals surface area contributed by atoms with Crippen molar-refractivity contribution in [3.8, 4) is 17.2 Å². The summed E-state index contributed by atoms with van der Waals surface area (Å²) in [5, 5.41) is 28.3. The van der Waals surface area contributed by atoms with Gasteiger partial charge in [-0.25, -0.2) is 4.79 Å². The van der Waals surface area contributed by atoms with E-state index in [1.54, 1.807) is 0 Å². The Balaban J connectivity index is 2.09. The maximum Gasteiger partial charge on any atom is 0.338 e. The number of esters is 1. The summed E-state index contributed by atoms with van der Waals surface area (Å²) in [4.78, 5) is 12.2. The van der Waals surface area contributed by atoms with Gasteiger partial charge < -0.3 is 20.1 Å². The van der Waals surface area contributed by atoms with Crippen molar-refractivity contribution in [2.45, 2.75) is 52.6 Å². The van der Waals surface area contributed by atoms with Gasteiger partial charge in [-0.3, -0.25) is 0 Å². The molecule has 122 valence electrons. The van der Waals surface area contributed by atoms with Crippen LogP contribution in [0.2, 0.25) is 0 Å². The van der Waals surface area contributed by atoms with Crippen LogP contribution in [0.15, 0.2) is 12.1 Å². The van der Waals surface area contributed by atoms with E-state index in [4.69, 9.17) is 4.74 Å². The standard InChI is InChI=1S/C17H24O5/c1-10(2)17(3)6-4-5-12(9-17)22-16(21)11-7-13(18)15(20)14(19)8-11/h7-8,10,12,18-20H,4-6,9H2,1-3H3. The Kier molecular flexibility index (Phi) is 4.54. The molecule has 0 amide bonds. The number of carbonyl (C=O) groups is 1. The van der Waals surface area contributed by atoms with Crippen molar-refractivity contribution in [3.63, 3.8) is 0 Å². The third-order valence-corrected chi connectivity index (χ3v) is 4.94. The van der Waals surface area contributed by atoms with Crippen molar-refractivity contribution in [1.29, 1.82) is 0 Å². The van der Waals surface area contributed by atoms with Crippen LogP contribution in [0.4, 0.5) is 0 Å². The van der Waals surface area contributed by atoms with Crippen molar-refractivity contribution in [2.75, 3.05) is 0 Å². The first-order chi connectivity index (χ1) is 10.2. The van der Waals surface area contributed by atoms with Gasteiger partial charge in [0.1, 0.15) is 6.10 Å². The Bertz CT molecular complexity index is 543. The fourth-order valence-electron chi connectivity index (χ4n) is 3.02. The van der Waals surface area contributed by atoms with E-state index in [-0.39, 0.29) is 17.1 Å². The molecular formula is C17H24O5. The molecule has 2 atom stereocenters. The van der Waals surface area contributed by atoms with Crippen LogP contribution in [0.5, 0.6) is 17.2 Å². The van der Waals surface area contributed by atoms with E-state index in [1.807, 2.05) is 0 Å². The van der Waals surface area contributed by atoms with E-state index >= 15 is 0 Å². The third-order valence-electron chi connectivity index (χ3n) is 4.94. The minimum Gasteiger partial charge on any atom is -0.504 e. The molecule has 2 rings (SSSR count). The van der Waals surface area contributed by atoms with Crippen molar-refractivity contribution < 1.29 is 24.9 Å². The van der Waals surface area contributed by atoms with E-state index in [0.29, 0.717) is 5.92 Å². The molecule has 0 radical (unpaired) electrons. The zero-order chi connectivity index (χ0) is 16.5. The molecule has 0 aromatic heterocycles. The second kappa shape index (κ2) is 6.07. The second-order valence-electron chi connectivity index (χ2n) is 6.80. The lowest BCUT2D eigenvalue weighted by molar-refractivity contribution is -0.00997. The first-order valence-electron chi connectivity index (χ1n) is 7.69. The molecular weight excluding hydrogens is 284 g/mol. The van der Waals surface area contributed by atoms with Gasteiger partial charge >= 0.3 is 5.97 Å². The van der Waals surface area contributed by atoms with Gasteiger partial charge in [0, 0.05) is 0 Å². The summed E-state index contributed by atoms with van der Waals surface area (Å²) in [7, 11) is 0. The molecule has 1 aromatic rings. The average Bonchev–Trinajstić information content (AvgIpc) is 2.44. The van der Waals surface area contributed by atoms with E-state index in [1.165, 1.54) is 0 Å². The number of hydrogen-bond acceptors (Lipinski definition) is 5. The summed E-state index contributed by atoms with van der Waals surface area (Å²) < 4.78 is 5.53. The molecule has 1 saturated carbocycles. The highest BCUT2D eigenvalue weighted by atomic mass is 16.5. The van der Waals surface area contributed by atoms with Gasteiger partial charge in [0.2, 0.25) is 0 Å². The Labute approximate surface area is 130 Å². The lowest BCUT2D eigenvalue weighted by atomic mass is 9.67. The number of rotatable bonds is 3. The monoisotopic (exact) mass is 308 g/mol. The van der Waals surface area contributed by atoms with Gasteiger partial charge in [0.15, 0.2) is 17.2 Å². The Morgan fingerprint density at radius 3 is 2.41 bits per heavy atom. The summed E-state index contributed by atoms with van der Waals surface area (Å²) in [6.07, 6.45) is 3.61. The van der Waals surface area contributed by atoms with Crippen LogP contribution in [0, 0.1) is 11.3 Å². The van der Waals surface area contributed by atoms with Gasteiger partial charge in [-0.15, -0.1) is 0 Å². The van der Waals surface area contributed by atoms with E-state index < -0.39 is 23.2 Å². The Morgan fingerprint density at radius 2 is 1.86 bits per heavy atom. The SMILES string of the molecule is CC(C)C1(C)CCCC(OC(=O)c2cc(O)c(O)c(O)c2)C1. The fourth-order valence-corrected chi connectivity index (χ4v) is 3.02. The molecule has 1 aliphatic rings. The summed E-state index contributed by atoms with van der Waals surface area (Å²) in [6, 6.07) is 2.20. The fraction of sp³-hybridized carbons (Fsp3) is 0.588. The minimum atomic E-state index is -0.637. The molecule has 2 unspecified atom stereocenters. The lowest BCUT2D eigenvalue weighted by Gasteiger charge is -2.40. The molecule has 0 bridgehead atoms. The van der Waals surface area contributed by atoms with Crippen LogP contribution in [0.1, 0.15) is 56.8 Å². The topological polar surface area (TPSA) is 87.0 Å². The number of phenolic OH excluding ortho intramolecular Hbond substituents is 3. The third kappa shape index (κ3) is 3.29. The zero-order valence-electron chi connectivity index (χ0n) is 13.3. The molecule has 1 aromatic carbocycles. The first-order valence-corrected chi connectivity index (χ1v) is 7.69. The van der Waals surface area contributed by atoms with Gasteiger partial charge in [0.05, 0.1) is 5.56 Å². The molecule has 5 nitrogen and oxygen atoms in total. The average molecular weight is 308 g/mol. The molecule has 0 heterocycles. The molecule has 1 fully saturated rings. The summed E-state index contributed by atoms with van der Waals surface area (Å²) in [5.74, 6) is -1.80. The first kappa shape index (κ1) is 16.5. The largest absolute Gasteiger partial charge is 0.504 e. The van der Waals surface area contributed by atoms with Crippen LogP contribution in [0.25, 0.3) is 0 Å².